The molecule has 5 aromatic rings. The van der Waals surface area contributed by atoms with Gasteiger partial charge in [0.2, 0.25) is 0 Å². The second-order valence-corrected chi connectivity index (χ2v) is 15.8. The van der Waals surface area contributed by atoms with Gasteiger partial charge in [-0.3, -0.25) is 0 Å². The van der Waals surface area contributed by atoms with Crippen LogP contribution in [-0.2, 0) is 29.7 Å². The zero-order valence-electron chi connectivity index (χ0n) is 34.1. The summed E-state index contributed by atoms with van der Waals surface area (Å²) < 4.78 is 29.6. The third-order valence-electron chi connectivity index (χ3n) is 10.1. The molecular weight excluding hydrogens is 818 g/mol. The van der Waals surface area contributed by atoms with Crippen molar-refractivity contribution in [3.8, 4) is 29.1 Å². The first-order valence-electron chi connectivity index (χ1n) is 18.9. The first-order chi connectivity index (χ1) is 27.9. The van der Waals surface area contributed by atoms with Gasteiger partial charge in [0.15, 0.2) is 23.0 Å². The fraction of sp³-hybridized carbons (Fsp3) is 0.378. The molecule has 4 aromatic carbocycles. The van der Waals surface area contributed by atoms with Crippen molar-refractivity contribution >= 4 is 46.4 Å². The molecule has 0 fully saturated rings. The van der Waals surface area contributed by atoms with Crippen LogP contribution in [0.3, 0.4) is 0 Å². The van der Waals surface area contributed by atoms with E-state index in [1.54, 1.807) is 65.2 Å². The van der Waals surface area contributed by atoms with E-state index in [9.17, 15) is 5.26 Å². The highest BCUT2D eigenvalue weighted by atomic mass is 35.5. The number of rotatable bonds is 19. The van der Waals surface area contributed by atoms with Crippen LogP contribution in [0, 0.1) is 17.2 Å². The number of methoxy groups -OCH3 is 4. The van der Waals surface area contributed by atoms with Crippen LogP contribution >= 0.6 is 46.4 Å². The van der Waals surface area contributed by atoms with Gasteiger partial charge in [-0.1, -0.05) is 84.5 Å². The number of likely N-dealkylation sites (N-methyl/N-ethyl adjacent to an activating group) is 1. The Hall–Kier alpha value is -4.14. The van der Waals surface area contributed by atoms with Gasteiger partial charge >= 0.3 is 0 Å². The molecule has 0 radical (unpaired) electrons. The summed E-state index contributed by atoms with van der Waals surface area (Å²) in [6.45, 7) is 6.95. The highest BCUT2D eigenvalue weighted by Gasteiger charge is 2.36. The summed E-state index contributed by atoms with van der Waals surface area (Å²) in [7, 11) is 8.67. The molecule has 310 valence electrons. The predicted octanol–water partition coefficient (Wildman–Crippen LogP) is 11.5. The fourth-order valence-corrected chi connectivity index (χ4v) is 7.64. The molecule has 0 saturated carbocycles. The molecule has 58 heavy (non-hydrogen) atoms. The van der Waals surface area contributed by atoms with E-state index >= 15 is 0 Å². The average molecular weight is 871 g/mol. The molecule has 5 rings (SSSR count). The fourth-order valence-electron chi connectivity index (χ4n) is 6.64. The van der Waals surface area contributed by atoms with Crippen LogP contribution in [0.25, 0.3) is 0 Å². The maximum atomic E-state index is 10.2. The van der Waals surface area contributed by atoms with Crippen molar-refractivity contribution in [2.24, 2.45) is 5.92 Å². The zero-order valence-corrected chi connectivity index (χ0v) is 37.1. The predicted molar refractivity (Wildman–Crippen MR) is 234 cm³/mol. The minimum atomic E-state index is -0.580. The van der Waals surface area contributed by atoms with Crippen LogP contribution < -0.4 is 18.9 Å². The summed E-state index contributed by atoms with van der Waals surface area (Å²) in [5.74, 6) is 2.99. The van der Waals surface area contributed by atoms with Crippen molar-refractivity contribution in [2.75, 3.05) is 48.6 Å². The van der Waals surface area contributed by atoms with Crippen molar-refractivity contribution in [1.29, 1.82) is 5.26 Å². The largest absolute Gasteiger partial charge is 0.493 e. The number of hydrogen-bond donors (Lipinski definition) is 0. The molecule has 0 N–H and O–H groups in total. The van der Waals surface area contributed by atoms with E-state index in [1.807, 2.05) is 53.2 Å². The topological polar surface area (TPSA) is 91.0 Å². The normalized spacial score (nSPS) is 12.6. The van der Waals surface area contributed by atoms with Gasteiger partial charge in [0, 0.05) is 44.6 Å². The lowest BCUT2D eigenvalue weighted by Crippen LogP contribution is -2.32. The summed E-state index contributed by atoms with van der Waals surface area (Å²) in [4.78, 5) is 6.38. The maximum Gasteiger partial charge on any atom is 0.161 e. The van der Waals surface area contributed by atoms with E-state index < -0.39 is 5.41 Å². The van der Waals surface area contributed by atoms with Gasteiger partial charge in [-0.25, -0.2) is 4.98 Å². The average Bonchev–Trinajstić information content (AvgIpc) is 3.74. The Morgan fingerprint density at radius 3 is 2.00 bits per heavy atom. The number of ether oxygens (including phenoxy) is 5. The number of nitrogens with zero attached hydrogens (tertiary/aromatic N) is 4. The summed E-state index contributed by atoms with van der Waals surface area (Å²) in [6.07, 6.45) is 7.65. The summed E-state index contributed by atoms with van der Waals surface area (Å²) in [5, 5.41) is 12.5. The number of benzene rings is 4. The Kier molecular flexibility index (Phi) is 18.3. The molecule has 0 spiro atoms. The van der Waals surface area contributed by atoms with Crippen molar-refractivity contribution < 1.29 is 23.7 Å². The Morgan fingerprint density at radius 1 is 0.776 bits per heavy atom. The smallest absolute Gasteiger partial charge is 0.161 e. The van der Waals surface area contributed by atoms with Gasteiger partial charge in [0.1, 0.15) is 6.10 Å². The molecule has 13 heteroatoms. The van der Waals surface area contributed by atoms with Crippen molar-refractivity contribution in [3.63, 3.8) is 0 Å². The zero-order chi connectivity index (χ0) is 42.2. The van der Waals surface area contributed by atoms with Gasteiger partial charge in [-0.2, -0.15) is 5.26 Å². The minimum Gasteiger partial charge on any atom is -0.493 e. The monoisotopic (exact) mass is 868 g/mol. The Morgan fingerprint density at radius 2 is 1.41 bits per heavy atom. The molecule has 0 aliphatic heterocycles. The maximum absolute atomic E-state index is 10.2. The van der Waals surface area contributed by atoms with Gasteiger partial charge in [0.25, 0.3) is 0 Å². The van der Waals surface area contributed by atoms with Gasteiger partial charge in [-0.05, 0) is 104 Å². The van der Waals surface area contributed by atoms with Crippen LogP contribution in [0.4, 0.5) is 0 Å². The second kappa shape index (κ2) is 22.9. The SMILES string of the molecule is COc1ccc(CCN(C)CCCC(C#N)(c2ccc(OC)c(OC)c2)C(C)C)cc1OC.Clc1ccc(COC(Cn2ccnc2)c2ccc(Cl)cc2Cl)c(Cl)c1. The molecular formula is C45H52Cl4N4O5. The molecule has 2 atom stereocenters. The van der Waals surface area contributed by atoms with Crippen molar-refractivity contribution in [3.05, 3.63) is 134 Å². The summed E-state index contributed by atoms with van der Waals surface area (Å²) in [6, 6.07) is 25.2. The Balaban J connectivity index is 0.000000266. The van der Waals surface area contributed by atoms with Crippen LogP contribution in [0.2, 0.25) is 20.1 Å². The van der Waals surface area contributed by atoms with Crippen LogP contribution in [-0.4, -0.2) is 63.0 Å². The van der Waals surface area contributed by atoms with E-state index in [1.165, 1.54) is 5.56 Å². The highest BCUT2D eigenvalue weighted by molar-refractivity contribution is 6.35. The van der Waals surface area contributed by atoms with Crippen LogP contribution in [0.15, 0.2) is 91.5 Å². The van der Waals surface area contributed by atoms with Crippen LogP contribution in [0.1, 0.15) is 55.0 Å². The van der Waals surface area contributed by atoms with Gasteiger partial charge in [0.05, 0.1) is 59.4 Å². The Labute approximate surface area is 363 Å². The third-order valence-corrected chi connectivity index (χ3v) is 11.3. The number of nitriles is 1. The van der Waals surface area contributed by atoms with Crippen molar-refractivity contribution in [1.82, 2.24) is 14.5 Å². The van der Waals surface area contributed by atoms with Crippen molar-refractivity contribution in [2.45, 2.75) is 57.8 Å². The van der Waals surface area contributed by atoms with E-state index in [0.717, 1.165) is 60.5 Å². The van der Waals surface area contributed by atoms with E-state index in [-0.39, 0.29) is 12.0 Å². The molecule has 9 nitrogen and oxygen atoms in total. The molecule has 0 saturated heterocycles. The lowest BCUT2D eigenvalue weighted by molar-refractivity contribution is 0.0281. The molecule has 1 heterocycles. The molecule has 0 aliphatic carbocycles. The quantitative estimate of drug-likeness (QED) is 0.0810. The second-order valence-electron chi connectivity index (χ2n) is 14.1. The van der Waals surface area contributed by atoms with E-state index in [4.69, 9.17) is 70.1 Å². The standard InChI is InChI=1S/C27H38N2O4.C18H14Cl4N2O/c1-20(2)27(19-28,22-10-12-24(31-5)26(18-22)33-7)14-8-15-29(3)16-13-21-9-11-23(30-4)25(17-21)32-6;19-13-2-1-12(16(21)7-13)10-25-18(9-24-6-5-23-11-24)15-4-3-14(20)8-17(15)22/h9-12,17-18,20H,8,13-16H2,1-7H3;1-8,11,18H,9-10H2. The molecule has 0 amide bonds. The first-order valence-corrected chi connectivity index (χ1v) is 20.4. The molecule has 0 bridgehead atoms. The summed E-state index contributed by atoms with van der Waals surface area (Å²) >= 11 is 24.5. The Bertz CT molecular complexity index is 2090. The van der Waals surface area contributed by atoms with Gasteiger partial charge in [-0.15, -0.1) is 0 Å². The molecule has 2 unspecified atom stereocenters. The van der Waals surface area contributed by atoms with E-state index in [2.05, 4.69) is 42.9 Å². The number of imidazole rings is 1. The minimum absolute atomic E-state index is 0.165. The molecule has 1 aromatic heterocycles. The number of hydrogen-bond acceptors (Lipinski definition) is 8. The highest BCUT2D eigenvalue weighted by Crippen LogP contribution is 2.40. The lowest BCUT2D eigenvalue weighted by Gasteiger charge is -2.32. The third kappa shape index (κ3) is 12.7. The molecule has 0 aliphatic rings. The number of aromatic nitrogens is 2. The van der Waals surface area contributed by atoms with E-state index in [0.29, 0.717) is 44.7 Å². The number of halogens is 4. The van der Waals surface area contributed by atoms with Crippen LogP contribution in [0.5, 0.6) is 23.0 Å². The lowest BCUT2D eigenvalue weighted by atomic mass is 9.69. The van der Waals surface area contributed by atoms with Gasteiger partial charge < -0.3 is 33.2 Å². The summed E-state index contributed by atoms with van der Waals surface area (Å²) in [5.41, 5.74) is 3.31. The first kappa shape index (κ1) is 46.5.